The molecule has 4 N–H and O–H groups in total. The summed E-state index contributed by atoms with van der Waals surface area (Å²) in [5, 5.41) is 6.29. The molecule has 0 spiro atoms. The first-order valence-electron chi connectivity index (χ1n) is 2.84. The number of azo groups is 1. The number of nitrogens with zero attached hydrogens (tertiary/aromatic N) is 5. The second-order valence-electron chi connectivity index (χ2n) is 1.67. The topological polar surface area (TPSA) is 132 Å². The maximum absolute atomic E-state index is 9.75. The van der Waals surface area contributed by atoms with Gasteiger partial charge in [0.1, 0.15) is 0 Å². The van der Waals surface area contributed by atoms with Crippen LogP contribution in [0.2, 0.25) is 0 Å². The molecule has 12 heavy (non-hydrogen) atoms. The van der Waals surface area contributed by atoms with Crippen molar-refractivity contribution < 1.29 is 4.79 Å². The molecule has 62 valence electrons. The van der Waals surface area contributed by atoms with Gasteiger partial charge in [0.05, 0.1) is 0 Å². The van der Waals surface area contributed by atoms with Crippen LogP contribution in [0.4, 0.5) is 17.8 Å². The van der Waals surface area contributed by atoms with E-state index in [-0.39, 0.29) is 24.3 Å². The lowest BCUT2D eigenvalue weighted by Crippen LogP contribution is -2.01. The summed E-state index contributed by atoms with van der Waals surface area (Å²) >= 11 is 0. The Balaban J connectivity index is 3.00. The Morgan fingerprint density at radius 1 is 1.17 bits per heavy atom. The highest BCUT2D eigenvalue weighted by Gasteiger charge is 1.98. The van der Waals surface area contributed by atoms with Gasteiger partial charge in [0.25, 0.3) is 12.4 Å². The molecular weight excluding hydrogens is 162 g/mol. The molecule has 0 saturated carbocycles. The third kappa shape index (κ3) is 1.94. The van der Waals surface area contributed by atoms with E-state index in [4.69, 9.17) is 11.5 Å². The third-order valence-electron chi connectivity index (χ3n) is 0.853. The number of carbonyl (C=O) groups excluding carboxylic acids is 1. The largest absolute Gasteiger partial charge is 0.368 e. The molecular formula is C4H5N7O. The van der Waals surface area contributed by atoms with Crippen molar-refractivity contribution in [2.75, 3.05) is 11.5 Å². The summed E-state index contributed by atoms with van der Waals surface area (Å²) in [4.78, 5) is 20.3. The Morgan fingerprint density at radius 3 is 2.25 bits per heavy atom. The van der Waals surface area contributed by atoms with Crippen LogP contribution >= 0.6 is 0 Å². The number of hydrogen-bond acceptors (Lipinski definition) is 7. The lowest BCUT2D eigenvalue weighted by Gasteiger charge is -1.93. The molecule has 0 saturated heterocycles. The molecule has 0 fully saturated rings. The van der Waals surface area contributed by atoms with Crippen LogP contribution in [0, 0.1) is 0 Å². The quantitative estimate of drug-likeness (QED) is 0.441. The predicted octanol–water partition coefficient (Wildman–Crippen LogP) is -0.724. The maximum atomic E-state index is 9.75. The van der Waals surface area contributed by atoms with Gasteiger partial charge >= 0.3 is 0 Å². The minimum Gasteiger partial charge on any atom is -0.368 e. The maximum Gasteiger partial charge on any atom is 0.275 e. The standard InChI is InChI=1S/C4H5N7O/c5-2-8-3(6)10-4(9-2)11-7-1-12/h1H,(H4,5,6,8,9,10). The summed E-state index contributed by atoms with van der Waals surface area (Å²) in [6.07, 6.45) is 0.246. The van der Waals surface area contributed by atoms with Gasteiger partial charge in [-0.15, -0.1) is 10.2 Å². The van der Waals surface area contributed by atoms with Crippen LogP contribution in [0.15, 0.2) is 10.2 Å². The molecule has 1 aromatic rings. The predicted molar refractivity (Wildman–Crippen MR) is 39.2 cm³/mol. The highest BCUT2D eigenvalue weighted by molar-refractivity contribution is 5.46. The highest BCUT2D eigenvalue weighted by Crippen LogP contribution is 2.06. The molecule has 0 aliphatic carbocycles. The number of carbonyl (C=O) groups is 1. The van der Waals surface area contributed by atoms with Crippen molar-refractivity contribution in [1.29, 1.82) is 0 Å². The van der Waals surface area contributed by atoms with E-state index in [2.05, 4.69) is 25.2 Å². The van der Waals surface area contributed by atoms with Gasteiger partial charge in [-0.3, -0.25) is 4.79 Å². The molecule has 1 amide bonds. The normalized spacial score (nSPS) is 10.3. The fourth-order valence-electron chi connectivity index (χ4n) is 0.517. The Kier molecular flexibility index (Phi) is 2.21. The first-order chi connectivity index (χ1) is 5.72. The third-order valence-corrected chi connectivity index (χ3v) is 0.853. The molecule has 1 heterocycles. The van der Waals surface area contributed by atoms with Crippen molar-refractivity contribution in [2.24, 2.45) is 10.2 Å². The van der Waals surface area contributed by atoms with Gasteiger partial charge in [-0.2, -0.15) is 15.0 Å². The lowest BCUT2D eigenvalue weighted by molar-refractivity contribution is -0.107. The van der Waals surface area contributed by atoms with Crippen LogP contribution in [0.1, 0.15) is 0 Å². The van der Waals surface area contributed by atoms with Crippen LogP contribution in [-0.4, -0.2) is 21.4 Å². The van der Waals surface area contributed by atoms with Crippen molar-refractivity contribution in [3.8, 4) is 0 Å². The van der Waals surface area contributed by atoms with Crippen molar-refractivity contribution >= 4 is 24.3 Å². The second-order valence-corrected chi connectivity index (χ2v) is 1.67. The number of nitrogens with two attached hydrogens (primary N) is 2. The van der Waals surface area contributed by atoms with E-state index in [1.807, 2.05) is 0 Å². The van der Waals surface area contributed by atoms with Crippen molar-refractivity contribution in [3.05, 3.63) is 0 Å². The molecule has 0 aliphatic rings. The molecule has 0 aliphatic heterocycles. The zero-order valence-corrected chi connectivity index (χ0v) is 5.88. The van der Waals surface area contributed by atoms with Gasteiger partial charge in [0, 0.05) is 0 Å². The number of rotatable bonds is 2. The van der Waals surface area contributed by atoms with Gasteiger partial charge in [0.15, 0.2) is 0 Å². The SMILES string of the molecule is Nc1nc(N)nc(N=NC=O)n1. The van der Waals surface area contributed by atoms with Crippen molar-refractivity contribution in [1.82, 2.24) is 15.0 Å². The van der Waals surface area contributed by atoms with Crippen LogP contribution in [-0.2, 0) is 4.79 Å². The van der Waals surface area contributed by atoms with Crippen LogP contribution in [0.3, 0.4) is 0 Å². The first kappa shape index (κ1) is 7.98. The fourth-order valence-corrected chi connectivity index (χ4v) is 0.517. The second kappa shape index (κ2) is 3.32. The summed E-state index contributed by atoms with van der Waals surface area (Å²) in [6, 6.07) is 0. The van der Waals surface area contributed by atoms with Gasteiger partial charge in [-0.25, -0.2) is 0 Å². The monoisotopic (exact) mass is 167 g/mol. The van der Waals surface area contributed by atoms with Crippen LogP contribution < -0.4 is 11.5 Å². The number of hydrogen-bond donors (Lipinski definition) is 2. The molecule has 1 aromatic heterocycles. The molecule has 8 nitrogen and oxygen atoms in total. The van der Waals surface area contributed by atoms with E-state index >= 15 is 0 Å². The number of nitrogen functional groups attached to an aromatic ring is 2. The summed E-state index contributed by atoms with van der Waals surface area (Å²) in [6.45, 7) is 0. The van der Waals surface area contributed by atoms with Crippen molar-refractivity contribution in [3.63, 3.8) is 0 Å². The van der Waals surface area contributed by atoms with Crippen molar-refractivity contribution in [2.45, 2.75) is 0 Å². The zero-order valence-electron chi connectivity index (χ0n) is 5.88. The van der Waals surface area contributed by atoms with Gasteiger partial charge in [-0.05, 0) is 0 Å². The van der Waals surface area contributed by atoms with E-state index in [1.165, 1.54) is 0 Å². The smallest absolute Gasteiger partial charge is 0.275 e. The fraction of sp³-hybridized carbons (Fsp3) is 0. The number of anilines is 2. The molecule has 0 unspecified atom stereocenters. The highest BCUT2D eigenvalue weighted by atomic mass is 16.1. The molecule has 0 radical (unpaired) electrons. The summed E-state index contributed by atoms with van der Waals surface area (Å²) < 4.78 is 0. The van der Waals surface area contributed by atoms with Gasteiger partial charge in [-0.1, -0.05) is 0 Å². The molecule has 0 aromatic carbocycles. The van der Waals surface area contributed by atoms with Crippen LogP contribution in [0.5, 0.6) is 0 Å². The number of aromatic nitrogens is 3. The Hall–Kier alpha value is -2.12. The molecule has 8 heteroatoms. The van der Waals surface area contributed by atoms with Gasteiger partial charge < -0.3 is 11.5 Å². The molecule has 0 bridgehead atoms. The summed E-state index contributed by atoms with van der Waals surface area (Å²) in [5.74, 6) is -0.225. The van der Waals surface area contributed by atoms with E-state index in [0.717, 1.165) is 0 Å². The van der Waals surface area contributed by atoms with E-state index in [9.17, 15) is 4.79 Å². The van der Waals surface area contributed by atoms with E-state index in [0.29, 0.717) is 0 Å². The number of amides is 1. The Bertz CT molecular complexity index is 301. The minimum absolute atomic E-state index is 0.0673. The van der Waals surface area contributed by atoms with E-state index in [1.54, 1.807) is 0 Å². The Labute approximate surface area is 66.7 Å². The molecule has 1 rings (SSSR count). The summed E-state index contributed by atoms with van der Waals surface area (Å²) in [7, 11) is 0. The van der Waals surface area contributed by atoms with Gasteiger partial charge in [0.2, 0.25) is 11.9 Å². The minimum atomic E-state index is -0.0906. The van der Waals surface area contributed by atoms with Crippen LogP contribution in [0.25, 0.3) is 0 Å². The average molecular weight is 167 g/mol. The zero-order chi connectivity index (χ0) is 8.97. The molecule has 0 atom stereocenters. The van der Waals surface area contributed by atoms with E-state index < -0.39 is 0 Å². The average Bonchev–Trinajstić information content (AvgIpc) is 1.99. The first-order valence-corrected chi connectivity index (χ1v) is 2.84. The lowest BCUT2D eigenvalue weighted by atomic mass is 10.8. The Morgan fingerprint density at radius 2 is 1.75 bits per heavy atom. The summed E-state index contributed by atoms with van der Waals surface area (Å²) in [5.41, 5.74) is 10.4.